The highest BCUT2D eigenvalue weighted by molar-refractivity contribution is 5.92. The second-order valence-electron chi connectivity index (χ2n) is 6.49. The van der Waals surface area contributed by atoms with E-state index in [0.29, 0.717) is 6.04 Å². The molecule has 3 nitrogen and oxygen atoms in total. The summed E-state index contributed by atoms with van der Waals surface area (Å²) in [5.41, 5.74) is 1.98. The molecule has 0 radical (unpaired) electrons. The van der Waals surface area contributed by atoms with E-state index < -0.39 is 0 Å². The van der Waals surface area contributed by atoms with E-state index in [2.05, 4.69) is 23.6 Å². The van der Waals surface area contributed by atoms with Crippen molar-refractivity contribution in [1.82, 2.24) is 0 Å². The average molecular weight is 288 g/mol. The Morgan fingerprint density at radius 1 is 1.19 bits per heavy atom. The van der Waals surface area contributed by atoms with E-state index in [1.165, 1.54) is 32.1 Å². The fourth-order valence-corrected chi connectivity index (χ4v) is 2.92. The molecular formula is C18H28N2O. The van der Waals surface area contributed by atoms with Gasteiger partial charge in [-0.3, -0.25) is 4.79 Å². The largest absolute Gasteiger partial charge is 0.382 e. The highest BCUT2D eigenvalue weighted by atomic mass is 16.1. The molecule has 1 aliphatic carbocycles. The van der Waals surface area contributed by atoms with Crippen LogP contribution in [0.15, 0.2) is 24.3 Å². The van der Waals surface area contributed by atoms with Crippen molar-refractivity contribution in [3.8, 4) is 0 Å². The molecule has 1 fully saturated rings. The molecule has 1 aromatic carbocycles. The normalized spacial score (nSPS) is 22.1. The molecule has 0 atom stereocenters. The molecule has 1 amide bonds. The first kappa shape index (κ1) is 15.9. The third-order valence-electron chi connectivity index (χ3n) is 4.45. The second kappa shape index (κ2) is 7.48. The molecule has 2 rings (SSSR count). The number of rotatable bonds is 5. The zero-order chi connectivity index (χ0) is 15.2. The van der Waals surface area contributed by atoms with Crippen molar-refractivity contribution >= 4 is 17.3 Å². The van der Waals surface area contributed by atoms with E-state index in [0.717, 1.165) is 17.3 Å². The lowest BCUT2D eigenvalue weighted by molar-refractivity contribution is -0.118. The number of nitrogens with one attached hydrogen (secondary N) is 2. The standard InChI is InChI=1S/C18H28N2O/c1-4-14-8-10-15(11-9-14)19-16-6-5-7-17(12-16)20-18(21)13(2)3/h5-7,12-15,19H,4,8-11H2,1-3H3,(H,20,21). The van der Waals surface area contributed by atoms with Gasteiger partial charge in [0, 0.05) is 23.3 Å². The van der Waals surface area contributed by atoms with Crippen molar-refractivity contribution in [3.05, 3.63) is 24.3 Å². The molecule has 0 bridgehead atoms. The summed E-state index contributed by atoms with van der Waals surface area (Å²) in [4.78, 5) is 11.8. The van der Waals surface area contributed by atoms with Crippen molar-refractivity contribution < 1.29 is 4.79 Å². The van der Waals surface area contributed by atoms with Gasteiger partial charge in [0.25, 0.3) is 0 Å². The van der Waals surface area contributed by atoms with Crippen LogP contribution in [0.4, 0.5) is 11.4 Å². The minimum atomic E-state index is 0.00550. The van der Waals surface area contributed by atoms with Gasteiger partial charge in [-0.05, 0) is 49.8 Å². The van der Waals surface area contributed by atoms with Crippen LogP contribution in [0, 0.1) is 11.8 Å². The number of hydrogen-bond acceptors (Lipinski definition) is 2. The van der Waals surface area contributed by atoms with E-state index in [-0.39, 0.29) is 11.8 Å². The Balaban J connectivity index is 1.91. The Kier molecular flexibility index (Phi) is 5.66. The summed E-state index contributed by atoms with van der Waals surface area (Å²) in [6.07, 6.45) is 6.47. The van der Waals surface area contributed by atoms with Crippen LogP contribution in [0.3, 0.4) is 0 Å². The van der Waals surface area contributed by atoms with Gasteiger partial charge in [-0.2, -0.15) is 0 Å². The minimum Gasteiger partial charge on any atom is -0.382 e. The zero-order valence-electron chi connectivity index (χ0n) is 13.5. The van der Waals surface area contributed by atoms with Crippen LogP contribution in [-0.4, -0.2) is 11.9 Å². The number of anilines is 2. The minimum absolute atomic E-state index is 0.00550. The maximum absolute atomic E-state index is 11.8. The van der Waals surface area contributed by atoms with Crippen molar-refractivity contribution in [1.29, 1.82) is 0 Å². The number of benzene rings is 1. The number of amides is 1. The molecule has 1 aliphatic rings. The van der Waals surface area contributed by atoms with E-state index in [9.17, 15) is 4.79 Å². The molecule has 0 spiro atoms. The summed E-state index contributed by atoms with van der Waals surface area (Å²) >= 11 is 0. The smallest absolute Gasteiger partial charge is 0.226 e. The molecule has 1 aromatic rings. The molecule has 0 aliphatic heterocycles. The van der Waals surface area contributed by atoms with Crippen LogP contribution in [0.1, 0.15) is 52.9 Å². The third kappa shape index (κ3) is 4.76. The Bertz CT molecular complexity index is 462. The van der Waals surface area contributed by atoms with Gasteiger partial charge in [0.1, 0.15) is 0 Å². The van der Waals surface area contributed by atoms with Crippen molar-refractivity contribution in [2.24, 2.45) is 11.8 Å². The average Bonchev–Trinajstić information content (AvgIpc) is 2.48. The third-order valence-corrected chi connectivity index (χ3v) is 4.45. The summed E-state index contributed by atoms with van der Waals surface area (Å²) in [5.74, 6) is 0.987. The Morgan fingerprint density at radius 2 is 1.86 bits per heavy atom. The number of carbonyl (C=O) groups is 1. The van der Waals surface area contributed by atoms with Crippen molar-refractivity contribution in [2.45, 2.75) is 58.9 Å². The monoisotopic (exact) mass is 288 g/mol. The second-order valence-corrected chi connectivity index (χ2v) is 6.49. The Labute approximate surface area is 128 Å². The summed E-state index contributed by atoms with van der Waals surface area (Å²) in [6.45, 7) is 6.10. The highest BCUT2D eigenvalue weighted by Gasteiger charge is 2.19. The van der Waals surface area contributed by atoms with Gasteiger partial charge < -0.3 is 10.6 Å². The Hall–Kier alpha value is -1.51. The maximum atomic E-state index is 11.8. The molecular weight excluding hydrogens is 260 g/mol. The van der Waals surface area contributed by atoms with Gasteiger partial charge in [0.15, 0.2) is 0 Å². The predicted octanol–water partition coefficient (Wildman–Crippen LogP) is 4.66. The predicted molar refractivity (Wildman–Crippen MR) is 89.6 cm³/mol. The summed E-state index contributed by atoms with van der Waals surface area (Å²) in [6, 6.07) is 8.63. The summed E-state index contributed by atoms with van der Waals surface area (Å²) in [5, 5.41) is 6.57. The van der Waals surface area contributed by atoms with E-state index in [1.807, 2.05) is 32.0 Å². The lowest BCUT2D eigenvalue weighted by Crippen LogP contribution is -2.26. The Morgan fingerprint density at radius 3 is 2.48 bits per heavy atom. The molecule has 2 N–H and O–H groups in total. The van der Waals surface area contributed by atoms with E-state index in [4.69, 9.17) is 0 Å². The van der Waals surface area contributed by atoms with Gasteiger partial charge in [-0.15, -0.1) is 0 Å². The van der Waals surface area contributed by atoms with Crippen molar-refractivity contribution in [3.63, 3.8) is 0 Å². The van der Waals surface area contributed by atoms with Crippen LogP contribution < -0.4 is 10.6 Å². The molecule has 0 unspecified atom stereocenters. The first-order valence-electron chi connectivity index (χ1n) is 8.26. The lowest BCUT2D eigenvalue weighted by atomic mass is 9.84. The topological polar surface area (TPSA) is 41.1 Å². The van der Waals surface area contributed by atoms with Crippen molar-refractivity contribution in [2.75, 3.05) is 10.6 Å². The van der Waals surface area contributed by atoms with Gasteiger partial charge in [-0.25, -0.2) is 0 Å². The van der Waals surface area contributed by atoms with Gasteiger partial charge in [0.2, 0.25) is 5.91 Å². The highest BCUT2D eigenvalue weighted by Crippen LogP contribution is 2.29. The maximum Gasteiger partial charge on any atom is 0.226 e. The molecule has 0 heterocycles. The molecule has 3 heteroatoms. The summed E-state index contributed by atoms with van der Waals surface area (Å²) in [7, 11) is 0. The SMILES string of the molecule is CCC1CCC(Nc2cccc(NC(=O)C(C)C)c2)CC1. The molecule has 0 saturated heterocycles. The van der Waals surface area contributed by atoms with Crippen LogP contribution >= 0.6 is 0 Å². The zero-order valence-corrected chi connectivity index (χ0v) is 13.5. The van der Waals surface area contributed by atoms with Gasteiger partial charge in [-0.1, -0.05) is 33.3 Å². The van der Waals surface area contributed by atoms with Crippen LogP contribution in [0.5, 0.6) is 0 Å². The van der Waals surface area contributed by atoms with Crippen LogP contribution in [-0.2, 0) is 4.79 Å². The first-order chi connectivity index (χ1) is 10.1. The number of carbonyl (C=O) groups excluding carboxylic acids is 1. The van der Waals surface area contributed by atoms with E-state index >= 15 is 0 Å². The van der Waals surface area contributed by atoms with Gasteiger partial charge in [0.05, 0.1) is 0 Å². The first-order valence-corrected chi connectivity index (χ1v) is 8.26. The summed E-state index contributed by atoms with van der Waals surface area (Å²) < 4.78 is 0. The van der Waals surface area contributed by atoms with E-state index in [1.54, 1.807) is 0 Å². The molecule has 1 saturated carbocycles. The number of hydrogen-bond donors (Lipinski definition) is 2. The molecule has 21 heavy (non-hydrogen) atoms. The molecule has 0 aromatic heterocycles. The van der Waals surface area contributed by atoms with Gasteiger partial charge >= 0.3 is 0 Å². The lowest BCUT2D eigenvalue weighted by Gasteiger charge is -2.29. The van der Waals surface area contributed by atoms with Crippen LogP contribution in [0.2, 0.25) is 0 Å². The van der Waals surface area contributed by atoms with Crippen LogP contribution in [0.25, 0.3) is 0 Å². The molecule has 116 valence electrons. The quantitative estimate of drug-likeness (QED) is 0.827. The fourth-order valence-electron chi connectivity index (χ4n) is 2.92. The fraction of sp³-hybridized carbons (Fsp3) is 0.611.